The van der Waals surface area contributed by atoms with E-state index < -0.39 is 12.1 Å². The Morgan fingerprint density at radius 3 is 3.05 bits per heavy atom. The predicted octanol–water partition coefficient (Wildman–Crippen LogP) is 0.749. The Morgan fingerprint density at radius 2 is 2.42 bits per heavy atom. The number of aldehydes is 1. The van der Waals surface area contributed by atoms with Crippen molar-refractivity contribution in [3.8, 4) is 0 Å². The zero-order valence-electron chi connectivity index (χ0n) is 10.2. The fourth-order valence-corrected chi connectivity index (χ4v) is 1.81. The van der Waals surface area contributed by atoms with Gasteiger partial charge in [0, 0.05) is 6.92 Å². The Hall–Kier alpha value is -2.51. The van der Waals surface area contributed by atoms with Gasteiger partial charge >= 0.3 is 5.97 Å². The van der Waals surface area contributed by atoms with E-state index in [1.807, 2.05) is 0 Å². The quantitative estimate of drug-likeness (QED) is 0.640. The third kappa shape index (κ3) is 2.84. The first-order chi connectivity index (χ1) is 9.11. The lowest BCUT2D eigenvalue weighted by molar-refractivity contribution is -0.142. The van der Waals surface area contributed by atoms with Crippen molar-refractivity contribution in [3.05, 3.63) is 23.5 Å². The smallest absolute Gasteiger partial charge is 0.303 e. The summed E-state index contributed by atoms with van der Waals surface area (Å²) >= 11 is 0. The van der Waals surface area contributed by atoms with Crippen LogP contribution in [-0.4, -0.2) is 22.7 Å². The van der Waals surface area contributed by atoms with Gasteiger partial charge in [0.05, 0.1) is 17.8 Å². The van der Waals surface area contributed by atoms with Gasteiger partial charge in [-0.1, -0.05) is 5.22 Å². The monoisotopic (exact) mass is 264 g/mol. The molecule has 0 bridgehead atoms. The molecule has 2 heterocycles. The second-order valence-electron chi connectivity index (χ2n) is 3.95. The van der Waals surface area contributed by atoms with E-state index in [4.69, 9.17) is 4.74 Å². The van der Waals surface area contributed by atoms with Crippen LogP contribution in [-0.2, 0) is 20.9 Å². The fraction of sp³-hybridized carbons (Fsp3) is 0.364. The Balaban J connectivity index is 2.30. The second kappa shape index (κ2) is 5.42. The maximum Gasteiger partial charge on any atom is 0.303 e. The van der Waals surface area contributed by atoms with Gasteiger partial charge in [-0.25, -0.2) is 5.43 Å². The van der Waals surface area contributed by atoms with Gasteiger partial charge in [-0.15, -0.1) is 5.11 Å². The van der Waals surface area contributed by atoms with Crippen LogP contribution in [0.5, 0.6) is 0 Å². The standard InChI is InChI=1S/C11H12N4O4/c1-7(17)19-6-9-3-2-8(5-16)15(9)10-4-11(18)13-14-12-10/h2-3,5,10H,4,6H2,1H3,(H,12,13,18). The molecule has 2 rings (SSSR count). The van der Waals surface area contributed by atoms with E-state index in [9.17, 15) is 14.4 Å². The Kier molecular flexibility index (Phi) is 3.69. The SMILES string of the molecule is CC(=O)OCc1ccc(C=O)n1C1CC(=O)NN=N1. The minimum atomic E-state index is -0.602. The lowest BCUT2D eigenvalue weighted by Crippen LogP contribution is -2.27. The van der Waals surface area contributed by atoms with Crippen LogP contribution < -0.4 is 5.43 Å². The van der Waals surface area contributed by atoms with E-state index >= 15 is 0 Å². The third-order valence-electron chi connectivity index (χ3n) is 2.61. The zero-order valence-corrected chi connectivity index (χ0v) is 10.2. The predicted molar refractivity (Wildman–Crippen MR) is 61.9 cm³/mol. The summed E-state index contributed by atoms with van der Waals surface area (Å²) in [6.07, 6.45) is 0.125. The molecule has 8 heteroatoms. The number of carbonyl (C=O) groups is 3. The number of ether oxygens (including phenoxy) is 1. The summed E-state index contributed by atoms with van der Waals surface area (Å²) in [6, 6.07) is 3.22. The number of nitrogens with zero attached hydrogens (tertiary/aromatic N) is 3. The molecule has 0 aromatic carbocycles. The van der Waals surface area contributed by atoms with E-state index in [0.717, 1.165) is 0 Å². The van der Waals surface area contributed by atoms with Gasteiger partial charge in [0.2, 0.25) is 5.91 Å². The highest BCUT2D eigenvalue weighted by atomic mass is 16.5. The summed E-state index contributed by atoms with van der Waals surface area (Å²) in [7, 11) is 0. The summed E-state index contributed by atoms with van der Waals surface area (Å²) in [5.41, 5.74) is 3.14. The van der Waals surface area contributed by atoms with Gasteiger partial charge in [0.25, 0.3) is 0 Å². The molecule has 1 aliphatic rings. The molecular formula is C11H12N4O4. The molecule has 100 valence electrons. The molecule has 19 heavy (non-hydrogen) atoms. The fourth-order valence-electron chi connectivity index (χ4n) is 1.81. The molecule has 1 aromatic rings. The topological polar surface area (TPSA) is 102 Å². The summed E-state index contributed by atoms with van der Waals surface area (Å²) in [5, 5.41) is 7.36. The number of carbonyl (C=O) groups excluding carboxylic acids is 3. The molecule has 8 nitrogen and oxygen atoms in total. The van der Waals surface area contributed by atoms with Gasteiger partial charge in [-0.2, -0.15) is 0 Å². The van der Waals surface area contributed by atoms with Gasteiger partial charge in [0.1, 0.15) is 6.61 Å². The molecule has 0 saturated heterocycles. The maximum atomic E-state index is 11.3. The molecule has 0 radical (unpaired) electrons. The van der Waals surface area contributed by atoms with E-state index in [1.165, 1.54) is 11.5 Å². The summed E-state index contributed by atoms with van der Waals surface area (Å²) in [6.45, 7) is 1.30. The highest BCUT2D eigenvalue weighted by molar-refractivity contribution is 5.77. The normalized spacial score (nSPS) is 17.9. The largest absolute Gasteiger partial charge is 0.459 e. The zero-order chi connectivity index (χ0) is 13.8. The highest BCUT2D eigenvalue weighted by Gasteiger charge is 2.23. The van der Waals surface area contributed by atoms with Crippen molar-refractivity contribution in [1.82, 2.24) is 9.99 Å². The average Bonchev–Trinajstić information content (AvgIpc) is 2.79. The van der Waals surface area contributed by atoms with Crippen molar-refractivity contribution in [2.45, 2.75) is 26.1 Å². The summed E-state index contributed by atoms with van der Waals surface area (Å²) in [5.74, 6) is -0.715. The van der Waals surface area contributed by atoms with E-state index in [2.05, 4.69) is 15.8 Å². The van der Waals surface area contributed by atoms with Crippen LogP contribution in [0.2, 0.25) is 0 Å². The number of hydrogen-bond acceptors (Lipinski definition) is 6. The summed E-state index contributed by atoms with van der Waals surface area (Å²) in [4.78, 5) is 33.1. The van der Waals surface area contributed by atoms with Crippen LogP contribution in [0.25, 0.3) is 0 Å². The molecule has 1 atom stereocenters. The van der Waals surface area contributed by atoms with Crippen molar-refractivity contribution in [3.63, 3.8) is 0 Å². The van der Waals surface area contributed by atoms with E-state index in [0.29, 0.717) is 17.7 Å². The van der Waals surface area contributed by atoms with Gasteiger partial charge in [-0.3, -0.25) is 14.4 Å². The lowest BCUT2D eigenvalue weighted by atomic mass is 10.3. The molecule has 1 N–H and O–H groups in total. The molecule has 1 amide bonds. The number of rotatable bonds is 4. The number of esters is 1. The number of amides is 1. The van der Waals surface area contributed by atoms with Crippen molar-refractivity contribution < 1.29 is 19.1 Å². The van der Waals surface area contributed by atoms with Crippen LogP contribution in [0, 0.1) is 0 Å². The van der Waals surface area contributed by atoms with Crippen molar-refractivity contribution in [2.24, 2.45) is 10.3 Å². The van der Waals surface area contributed by atoms with Crippen molar-refractivity contribution in [2.75, 3.05) is 0 Å². The van der Waals surface area contributed by atoms with Gasteiger partial charge in [-0.05, 0) is 12.1 Å². The van der Waals surface area contributed by atoms with Crippen LogP contribution in [0.3, 0.4) is 0 Å². The first kappa shape index (κ1) is 12.9. The average molecular weight is 264 g/mol. The second-order valence-corrected chi connectivity index (χ2v) is 3.95. The minimum absolute atomic E-state index is 0.0107. The maximum absolute atomic E-state index is 11.3. The van der Waals surface area contributed by atoms with Crippen molar-refractivity contribution >= 4 is 18.2 Å². The molecule has 1 aliphatic heterocycles. The highest BCUT2D eigenvalue weighted by Crippen LogP contribution is 2.23. The third-order valence-corrected chi connectivity index (χ3v) is 2.61. The summed E-state index contributed by atoms with van der Waals surface area (Å²) < 4.78 is 6.44. The lowest BCUT2D eigenvalue weighted by Gasteiger charge is -2.20. The van der Waals surface area contributed by atoms with E-state index in [-0.39, 0.29) is 18.9 Å². The molecule has 0 saturated carbocycles. The molecule has 1 unspecified atom stereocenters. The van der Waals surface area contributed by atoms with Crippen molar-refractivity contribution in [1.29, 1.82) is 0 Å². The Bertz CT molecular complexity index is 549. The molecule has 0 aliphatic carbocycles. The van der Waals surface area contributed by atoms with Gasteiger partial charge in [0.15, 0.2) is 12.5 Å². The van der Waals surface area contributed by atoms with Crippen LogP contribution in [0.15, 0.2) is 22.5 Å². The minimum Gasteiger partial charge on any atom is -0.459 e. The number of aromatic nitrogens is 1. The Morgan fingerprint density at radius 1 is 1.63 bits per heavy atom. The van der Waals surface area contributed by atoms with Crippen LogP contribution in [0.1, 0.15) is 35.7 Å². The first-order valence-corrected chi connectivity index (χ1v) is 5.59. The van der Waals surface area contributed by atoms with Crippen LogP contribution in [0.4, 0.5) is 0 Å². The molecule has 0 fully saturated rings. The van der Waals surface area contributed by atoms with Crippen LogP contribution >= 0.6 is 0 Å². The Labute approximate surface area is 108 Å². The van der Waals surface area contributed by atoms with Gasteiger partial charge < -0.3 is 9.30 Å². The van der Waals surface area contributed by atoms with E-state index in [1.54, 1.807) is 12.1 Å². The number of nitrogens with one attached hydrogen (secondary N) is 1. The molecule has 1 aromatic heterocycles. The number of hydrogen-bond donors (Lipinski definition) is 1. The molecular weight excluding hydrogens is 252 g/mol. The first-order valence-electron chi connectivity index (χ1n) is 5.59. The molecule has 0 spiro atoms.